The molecule has 0 unspecified atom stereocenters. The lowest BCUT2D eigenvalue weighted by molar-refractivity contribution is 0.415. The number of halogens is 2. The highest BCUT2D eigenvalue weighted by atomic mass is 79.9. The summed E-state index contributed by atoms with van der Waals surface area (Å²) in [5.74, 6) is 0.838. The lowest BCUT2D eigenvalue weighted by Gasteiger charge is -1.98. The average Bonchev–Trinajstić information content (AvgIpc) is 2.67. The molecule has 17 heavy (non-hydrogen) atoms. The number of hydrogen-bond donors (Lipinski definition) is 0. The van der Waals surface area contributed by atoms with Crippen LogP contribution in [0.3, 0.4) is 0 Å². The van der Waals surface area contributed by atoms with Gasteiger partial charge in [-0.1, -0.05) is 0 Å². The molecule has 0 aliphatic heterocycles. The van der Waals surface area contributed by atoms with Gasteiger partial charge in [-0.3, -0.25) is 4.99 Å². The second-order valence-electron chi connectivity index (χ2n) is 3.23. The number of benzene rings is 1. The van der Waals surface area contributed by atoms with E-state index in [0.29, 0.717) is 0 Å². The highest BCUT2D eigenvalue weighted by Crippen LogP contribution is 2.31. The molecule has 0 radical (unpaired) electrons. The molecule has 0 bridgehead atoms. The SMILES string of the molecule is COc1ccc(N=Cc2cc(Br)c(Br)s2)cc1. The van der Waals surface area contributed by atoms with Gasteiger partial charge in [0.25, 0.3) is 0 Å². The third-order valence-electron chi connectivity index (χ3n) is 2.08. The van der Waals surface area contributed by atoms with Gasteiger partial charge in [-0.25, -0.2) is 0 Å². The Labute approximate surface area is 121 Å². The summed E-state index contributed by atoms with van der Waals surface area (Å²) in [4.78, 5) is 5.49. The fraction of sp³-hybridized carbons (Fsp3) is 0.0833. The van der Waals surface area contributed by atoms with Gasteiger partial charge in [-0.2, -0.15) is 0 Å². The molecule has 0 saturated carbocycles. The maximum absolute atomic E-state index is 5.09. The van der Waals surface area contributed by atoms with E-state index in [1.54, 1.807) is 18.4 Å². The molecule has 0 amide bonds. The molecule has 1 aromatic carbocycles. The Bertz CT molecular complexity index is 514. The first-order valence-corrected chi connectivity index (χ1v) is 7.22. The van der Waals surface area contributed by atoms with Crippen molar-refractivity contribution >= 4 is 55.1 Å². The minimum absolute atomic E-state index is 0.838. The zero-order chi connectivity index (χ0) is 12.3. The predicted molar refractivity (Wildman–Crippen MR) is 80.0 cm³/mol. The molecule has 88 valence electrons. The lowest BCUT2D eigenvalue weighted by Crippen LogP contribution is -1.80. The summed E-state index contributed by atoms with van der Waals surface area (Å²) < 4.78 is 7.22. The van der Waals surface area contributed by atoms with Crippen LogP contribution in [0.4, 0.5) is 5.69 Å². The zero-order valence-electron chi connectivity index (χ0n) is 8.98. The van der Waals surface area contributed by atoms with Crippen LogP contribution < -0.4 is 4.74 Å². The molecule has 2 rings (SSSR count). The largest absolute Gasteiger partial charge is 0.497 e. The van der Waals surface area contributed by atoms with Crippen LogP contribution in [0.25, 0.3) is 0 Å². The maximum Gasteiger partial charge on any atom is 0.119 e. The number of rotatable bonds is 3. The van der Waals surface area contributed by atoms with E-state index in [9.17, 15) is 0 Å². The third-order valence-corrected chi connectivity index (χ3v) is 5.27. The van der Waals surface area contributed by atoms with Crippen LogP contribution in [0.15, 0.2) is 43.6 Å². The van der Waals surface area contributed by atoms with E-state index in [1.165, 1.54) is 0 Å². The van der Waals surface area contributed by atoms with Crippen molar-refractivity contribution in [2.45, 2.75) is 0 Å². The molecule has 5 heteroatoms. The predicted octanol–water partition coefficient (Wildman–Crippen LogP) is 5.03. The van der Waals surface area contributed by atoms with E-state index in [2.05, 4.69) is 36.9 Å². The molecule has 0 saturated heterocycles. The number of hydrogen-bond acceptors (Lipinski definition) is 3. The Hall–Kier alpha value is -0.650. The van der Waals surface area contributed by atoms with Crippen molar-refractivity contribution in [3.05, 3.63) is 43.5 Å². The number of aliphatic imine (C=N–C) groups is 1. The summed E-state index contributed by atoms with van der Waals surface area (Å²) in [5.41, 5.74) is 0.909. The van der Waals surface area contributed by atoms with Crippen LogP contribution in [0.2, 0.25) is 0 Å². The minimum atomic E-state index is 0.838. The molecule has 0 fully saturated rings. The molecule has 0 aliphatic rings. The number of thiophene rings is 1. The Balaban J connectivity index is 2.14. The molecular weight excluding hydrogens is 366 g/mol. The van der Waals surface area contributed by atoms with Gasteiger partial charge in [-0.05, 0) is 62.2 Å². The van der Waals surface area contributed by atoms with Crippen LogP contribution in [0.5, 0.6) is 5.75 Å². The van der Waals surface area contributed by atoms with Crippen LogP contribution in [-0.2, 0) is 0 Å². The summed E-state index contributed by atoms with van der Waals surface area (Å²) >= 11 is 8.54. The normalized spacial score (nSPS) is 11.0. The van der Waals surface area contributed by atoms with Gasteiger partial charge in [0.15, 0.2) is 0 Å². The first kappa shape index (κ1) is 12.8. The first-order chi connectivity index (χ1) is 8.19. The average molecular weight is 375 g/mol. The summed E-state index contributed by atoms with van der Waals surface area (Å²) in [6.45, 7) is 0. The topological polar surface area (TPSA) is 21.6 Å². The molecular formula is C12H9Br2NOS. The summed E-state index contributed by atoms with van der Waals surface area (Å²) in [5, 5.41) is 0. The van der Waals surface area contributed by atoms with E-state index in [0.717, 1.165) is 24.6 Å². The van der Waals surface area contributed by atoms with Crippen LogP contribution in [0.1, 0.15) is 4.88 Å². The number of nitrogens with zero attached hydrogens (tertiary/aromatic N) is 1. The fourth-order valence-corrected chi connectivity index (χ4v) is 3.20. The van der Waals surface area contributed by atoms with Gasteiger partial charge < -0.3 is 4.74 Å². The Kier molecular flexibility index (Phi) is 4.36. The van der Waals surface area contributed by atoms with Gasteiger partial charge in [0.1, 0.15) is 5.75 Å². The quantitative estimate of drug-likeness (QED) is 0.690. The minimum Gasteiger partial charge on any atom is -0.497 e. The molecule has 1 aromatic heterocycles. The summed E-state index contributed by atoms with van der Waals surface area (Å²) in [7, 11) is 1.65. The van der Waals surface area contributed by atoms with Gasteiger partial charge in [0.05, 0.1) is 16.6 Å². The molecule has 1 heterocycles. The van der Waals surface area contributed by atoms with E-state index < -0.39 is 0 Å². The van der Waals surface area contributed by atoms with Crippen molar-refractivity contribution in [1.82, 2.24) is 0 Å². The van der Waals surface area contributed by atoms with Gasteiger partial charge >= 0.3 is 0 Å². The molecule has 2 nitrogen and oxygen atoms in total. The van der Waals surface area contributed by atoms with Crippen molar-refractivity contribution in [2.75, 3.05) is 7.11 Å². The van der Waals surface area contributed by atoms with Crippen molar-refractivity contribution < 1.29 is 4.74 Å². The van der Waals surface area contributed by atoms with E-state index in [1.807, 2.05) is 36.5 Å². The second-order valence-corrected chi connectivity index (χ2v) is 6.48. The molecule has 0 atom stereocenters. The van der Waals surface area contributed by atoms with Crippen LogP contribution >= 0.6 is 43.2 Å². The van der Waals surface area contributed by atoms with Crippen LogP contribution in [-0.4, -0.2) is 13.3 Å². The number of ether oxygens (including phenoxy) is 1. The van der Waals surface area contributed by atoms with Crippen LogP contribution in [0, 0.1) is 0 Å². The van der Waals surface area contributed by atoms with E-state index >= 15 is 0 Å². The number of methoxy groups -OCH3 is 1. The molecule has 0 aliphatic carbocycles. The van der Waals surface area contributed by atoms with Crippen molar-refractivity contribution in [3.8, 4) is 5.75 Å². The van der Waals surface area contributed by atoms with E-state index in [4.69, 9.17) is 4.74 Å². The first-order valence-electron chi connectivity index (χ1n) is 4.82. The standard InChI is InChI=1S/C12H9Br2NOS/c1-16-9-4-2-8(3-5-9)15-7-10-6-11(13)12(14)17-10/h2-7H,1H3. The summed E-state index contributed by atoms with van der Waals surface area (Å²) in [6.07, 6.45) is 1.85. The Morgan fingerprint density at radius 3 is 2.47 bits per heavy atom. The van der Waals surface area contributed by atoms with Gasteiger partial charge in [-0.15, -0.1) is 11.3 Å². The maximum atomic E-state index is 5.09. The van der Waals surface area contributed by atoms with Crippen molar-refractivity contribution in [1.29, 1.82) is 0 Å². The Morgan fingerprint density at radius 2 is 1.94 bits per heavy atom. The monoisotopic (exact) mass is 373 g/mol. The highest BCUT2D eigenvalue weighted by Gasteiger charge is 2.01. The van der Waals surface area contributed by atoms with Gasteiger partial charge in [0.2, 0.25) is 0 Å². The smallest absolute Gasteiger partial charge is 0.119 e. The molecule has 0 N–H and O–H groups in total. The summed E-state index contributed by atoms with van der Waals surface area (Å²) in [6, 6.07) is 9.67. The zero-order valence-corrected chi connectivity index (χ0v) is 13.0. The van der Waals surface area contributed by atoms with Crippen molar-refractivity contribution in [3.63, 3.8) is 0 Å². The highest BCUT2D eigenvalue weighted by molar-refractivity contribution is 9.13. The lowest BCUT2D eigenvalue weighted by atomic mass is 10.3. The van der Waals surface area contributed by atoms with Gasteiger partial charge in [0, 0.05) is 15.6 Å². The Morgan fingerprint density at radius 1 is 1.24 bits per heavy atom. The van der Waals surface area contributed by atoms with Crippen molar-refractivity contribution in [2.24, 2.45) is 4.99 Å². The second kappa shape index (κ2) is 5.80. The van der Waals surface area contributed by atoms with E-state index in [-0.39, 0.29) is 0 Å². The molecule has 0 spiro atoms. The molecule has 2 aromatic rings. The fourth-order valence-electron chi connectivity index (χ4n) is 1.23. The third kappa shape index (κ3) is 3.40.